The average Bonchev–Trinajstić information content (AvgIpc) is 2.75. The number of ether oxygens (including phenoxy) is 1. The number of benzene rings is 1. The summed E-state index contributed by atoms with van der Waals surface area (Å²) in [7, 11) is 0. The first-order valence-electron chi connectivity index (χ1n) is 4.57. The van der Waals surface area contributed by atoms with Crippen LogP contribution in [-0.4, -0.2) is 13.0 Å². The first-order chi connectivity index (χ1) is 7.42. The molecule has 1 aromatic rings. The van der Waals surface area contributed by atoms with E-state index in [1.807, 2.05) is 30.3 Å². The number of hydrazine groups is 3. The van der Waals surface area contributed by atoms with E-state index in [1.54, 1.807) is 5.01 Å². The van der Waals surface area contributed by atoms with Crippen LogP contribution in [0.5, 0.6) is 0 Å². The van der Waals surface area contributed by atoms with Crippen molar-refractivity contribution in [2.45, 2.75) is 6.35 Å². The summed E-state index contributed by atoms with van der Waals surface area (Å²) >= 11 is 0. The standard InChI is InChI=1S/C10H12N4O/c1-2-8-15-10-11-12-13-14(10)9-6-4-3-5-7-9/h1,3-7,10-13H,8H2. The molecule has 78 valence electrons. The second-order valence-electron chi connectivity index (χ2n) is 2.95. The Morgan fingerprint density at radius 1 is 1.40 bits per heavy atom. The van der Waals surface area contributed by atoms with E-state index in [-0.39, 0.29) is 13.0 Å². The molecule has 1 saturated heterocycles. The molecule has 0 radical (unpaired) electrons. The molecule has 1 fully saturated rings. The van der Waals surface area contributed by atoms with Gasteiger partial charge in [-0.2, -0.15) is 16.5 Å². The van der Waals surface area contributed by atoms with E-state index < -0.39 is 0 Å². The van der Waals surface area contributed by atoms with Gasteiger partial charge >= 0.3 is 0 Å². The molecule has 5 nitrogen and oxygen atoms in total. The maximum absolute atomic E-state index is 5.37. The van der Waals surface area contributed by atoms with E-state index >= 15 is 0 Å². The van der Waals surface area contributed by atoms with Crippen molar-refractivity contribution in [3.05, 3.63) is 30.3 Å². The Kier molecular flexibility index (Phi) is 3.17. The summed E-state index contributed by atoms with van der Waals surface area (Å²) in [5.74, 6) is 2.42. The minimum atomic E-state index is -0.316. The lowest BCUT2D eigenvalue weighted by molar-refractivity contribution is 0.0637. The fraction of sp³-hybridized carbons (Fsp3) is 0.200. The minimum Gasteiger partial charge on any atom is -0.330 e. The van der Waals surface area contributed by atoms with Crippen molar-refractivity contribution < 1.29 is 4.74 Å². The third-order valence-corrected chi connectivity index (χ3v) is 1.97. The fourth-order valence-corrected chi connectivity index (χ4v) is 1.31. The van der Waals surface area contributed by atoms with Gasteiger partial charge in [0.05, 0.1) is 5.69 Å². The van der Waals surface area contributed by atoms with Crippen molar-refractivity contribution in [3.63, 3.8) is 0 Å². The van der Waals surface area contributed by atoms with Gasteiger partial charge in [-0.15, -0.1) is 6.42 Å². The van der Waals surface area contributed by atoms with Gasteiger partial charge in [0.2, 0.25) is 6.35 Å². The van der Waals surface area contributed by atoms with E-state index in [9.17, 15) is 0 Å². The van der Waals surface area contributed by atoms with Crippen LogP contribution in [0.2, 0.25) is 0 Å². The third kappa shape index (κ3) is 2.26. The van der Waals surface area contributed by atoms with Crippen molar-refractivity contribution in [1.29, 1.82) is 0 Å². The maximum Gasteiger partial charge on any atom is 0.216 e. The first kappa shape index (κ1) is 9.96. The zero-order chi connectivity index (χ0) is 10.5. The first-order valence-corrected chi connectivity index (χ1v) is 4.57. The minimum absolute atomic E-state index is 0.254. The Morgan fingerprint density at radius 2 is 2.20 bits per heavy atom. The van der Waals surface area contributed by atoms with Crippen LogP contribution in [0.25, 0.3) is 0 Å². The van der Waals surface area contributed by atoms with Crippen LogP contribution in [0.15, 0.2) is 30.3 Å². The summed E-state index contributed by atoms with van der Waals surface area (Å²) in [6, 6.07) is 9.79. The molecule has 15 heavy (non-hydrogen) atoms. The van der Waals surface area contributed by atoms with E-state index in [1.165, 1.54) is 0 Å². The highest BCUT2D eigenvalue weighted by atomic mass is 16.5. The van der Waals surface area contributed by atoms with Crippen molar-refractivity contribution in [1.82, 2.24) is 16.5 Å². The van der Waals surface area contributed by atoms with Crippen molar-refractivity contribution in [2.24, 2.45) is 0 Å². The van der Waals surface area contributed by atoms with Crippen LogP contribution in [0.3, 0.4) is 0 Å². The molecule has 1 aliphatic rings. The Bertz CT molecular complexity index is 348. The Hall–Kier alpha value is -1.58. The highest BCUT2D eigenvalue weighted by molar-refractivity contribution is 5.45. The summed E-state index contributed by atoms with van der Waals surface area (Å²) in [6.07, 6.45) is 4.81. The number of hydrogen-bond acceptors (Lipinski definition) is 5. The predicted molar refractivity (Wildman–Crippen MR) is 56.9 cm³/mol. The molecule has 0 aromatic heterocycles. The SMILES string of the molecule is C#CCOC1NNNN1c1ccccc1. The molecule has 1 atom stereocenters. The molecule has 0 aliphatic carbocycles. The lowest BCUT2D eigenvalue weighted by Gasteiger charge is -2.22. The van der Waals surface area contributed by atoms with Crippen LogP contribution in [-0.2, 0) is 4.74 Å². The molecule has 0 saturated carbocycles. The second kappa shape index (κ2) is 4.77. The van der Waals surface area contributed by atoms with Gasteiger partial charge in [0, 0.05) is 0 Å². The lowest BCUT2D eigenvalue weighted by Crippen LogP contribution is -2.41. The lowest BCUT2D eigenvalue weighted by atomic mass is 10.3. The molecule has 1 heterocycles. The van der Waals surface area contributed by atoms with Crippen LogP contribution >= 0.6 is 0 Å². The molecule has 1 aromatic carbocycles. The van der Waals surface area contributed by atoms with Gasteiger partial charge in [0.1, 0.15) is 6.61 Å². The van der Waals surface area contributed by atoms with E-state index in [0.717, 1.165) is 5.69 Å². The second-order valence-corrected chi connectivity index (χ2v) is 2.95. The number of anilines is 1. The molecule has 0 bridgehead atoms. The highest BCUT2D eigenvalue weighted by Crippen LogP contribution is 2.14. The zero-order valence-corrected chi connectivity index (χ0v) is 8.10. The number of nitrogens with zero attached hydrogens (tertiary/aromatic N) is 1. The van der Waals surface area contributed by atoms with Gasteiger partial charge < -0.3 is 4.74 Å². The number of hydrogen-bond donors (Lipinski definition) is 3. The van der Waals surface area contributed by atoms with Crippen LogP contribution in [0.1, 0.15) is 0 Å². The molecule has 0 spiro atoms. The van der Waals surface area contributed by atoms with Crippen molar-refractivity contribution >= 4 is 5.69 Å². The zero-order valence-electron chi connectivity index (χ0n) is 8.10. The molecular weight excluding hydrogens is 192 g/mol. The van der Waals surface area contributed by atoms with Crippen LogP contribution in [0.4, 0.5) is 5.69 Å². The molecular formula is C10H12N4O. The summed E-state index contributed by atoms with van der Waals surface area (Å²) < 4.78 is 5.37. The monoisotopic (exact) mass is 204 g/mol. The molecule has 3 N–H and O–H groups in total. The predicted octanol–water partition coefficient (Wildman–Crippen LogP) is -0.0462. The number of para-hydroxylation sites is 1. The van der Waals surface area contributed by atoms with E-state index in [0.29, 0.717) is 0 Å². The summed E-state index contributed by atoms with van der Waals surface area (Å²) in [4.78, 5) is 0. The van der Waals surface area contributed by atoms with Crippen molar-refractivity contribution in [2.75, 3.05) is 11.6 Å². The van der Waals surface area contributed by atoms with E-state index in [4.69, 9.17) is 11.2 Å². The van der Waals surface area contributed by atoms with Gasteiger partial charge in [-0.1, -0.05) is 24.1 Å². The average molecular weight is 204 g/mol. The smallest absolute Gasteiger partial charge is 0.216 e. The third-order valence-electron chi connectivity index (χ3n) is 1.97. The van der Waals surface area contributed by atoms with Gasteiger partial charge in [0.15, 0.2) is 0 Å². The summed E-state index contributed by atoms with van der Waals surface area (Å²) in [5, 5.41) is 1.80. The normalized spacial score (nSPS) is 20.2. The number of terminal acetylenes is 1. The van der Waals surface area contributed by atoms with Crippen molar-refractivity contribution in [3.8, 4) is 12.3 Å². The van der Waals surface area contributed by atoms with Gasteiger partial charge in [0.25, 0.3) is 0 Å². The molecule has 2 rings (SSSR count). The largest absolute Gasteiger partial charge is 0.330 e. The topological polar surface area (TPSA) is 48.6 Å². The highest BCUT2D eigenvalue weighted by Gasteiger charge is 2.23. The number of rotatable bonds is 3. The molecule has 1 aliphatic heterocycles. The quantitative estimate of drug-likeness (QED) is 0.603. The Labute approximate surface area is 88.3 Å². The molecule has 1 unspecified atom stereocenters. The van der Waals surface area contributed by atoms with Crippen LogP contribution in [0, 0.1) is 12.3 Å². The Balaban J connectivity index is 2.05. The Morgan fingerprint density at radius 3 is 2.93 bits per heavy atom. The van der Waals surface area contributed by atoms with E-state index in [2.05, 4.69) is 22.4 Å². The summed E-state index contributed by atoms with van der Waals surface area (Å²) in [6.45, 7) is 0.254. The van der Waals surface area contributed by atoms with Crippen LogP contribution < -0.4 is 21.5 Å². The molecule has 0 amide bonds. The fourth-order valence-electron chi connectivity index (χ4n) is 1.31. The maximum atomic E-state index is 5.37. The molecule has 5 heteroatoms. The summed E-state index contributed by atoms with van der Waals surface area (Å²) in [5.41, 5.74) is 9.54. The van der Waals surface area contributed by atoms with Gasteiger partial charge in [-0.25, -0.2) is 0 Å². The number of nitrogens with one attached hydrogen (secondary N) is 3. The van der Waals surface area contributed by atoms with Gasteiger partial charge in [-0.05, 0) is 12.1 Å². The van der Waals surface area contributed by atoms with Gasteiger partial charge in [-0.3, -0.25) is 5.01 Å².